The normalized spacial score (nSPS) is 25.5. The third-order valence-electron chi connectivity index (χ3n) is 2.28. The molecule has 5 nitrogen and oxygen atoms in total. The highest BCUT2D eigenvalue weighted by molar-refractivity contribution is 5.77. The molecule has 0 saturated carbocycles. The minimum absolute atomic E-state index is 0.00256. The summed E-state index contributed by atoms with van der Waals surface area (Å²) in [7, 11) is 0. The van der Waals surface area contributed by atoms with Crippen LogP contribution in [0.2, 0.25) is 0 Å². The maximum absolute atomic E-state index is 11.6. The van der Waals surface area contributed by atoms with Crippen molar-refractivity contribution in [3.8, 4) is 6.07 Å². The highest BCUT2D eigenvalue weighted by Gasteiger charge is 2.36. The fourth-order valence-electron chi connectivity index (χ4n) is 1.21. The van der Waals surface area contributed by atoms with Crippen molar-refractivity contribution in [1.82, 2.24) is 0 Å². The molecular weight excluding hydrogens is 210 g/mol. The fourth-order valence-corrected chi connectivity index (χ4v) is 1.21. The number of carbonyl (C=O) groups excluding carboxylic acids is 2. The second-order valence-electron chi connectivity index (χ2n) is 4.82. The monoisotopic (exact) mass is 225 g/mol. The van der Waals surface area contributed by atoms with Gasteiger partial charge in [-0.05, 0) is 20.8 Å². The van der Waals surface area contributed by atoms with E-state index in [-0.39, 0.29) is 13.0 Å². The summed E-state index contributed by atoms with van der Waals surface area (Å²) in [5.74, 6) is -1.41. The Kier molecular flexibility index (Phi) is 3.53. The van der Waals surface area contributed by atoms with Gasteiger partial charge in [-0.3, -0.25) is 9.59 Å². The van der Waals surface area contributed by atoms with Crippen LogP contribution in [-0.4, -0.2) is 24.6 Å². The number of carbonyl (C=O) groups is 2. The van der Waals surface area contributed by atoms with Gasteiger partial charge in [0.05, 0.1) is 17.9 Å². The molecule has 0 N–H and O–H groups in total. The van der Waals surface area contributed by atoms with Gasteiger partial charge < -0.3 is 9.47 Å². The van der Waals surface area contributed by atoms with Crippen LogP contribution in [0.3, 0.4) is 0 Å². The molecule has 1 fully saturated rings. The van der Waals surface area contributed by atoms with Gasteiger partial charge in [-0.15, -0.1) is 0 Å². The van der Waals surface area contributed by atoms with Crippen LogP contribution < -0.4 is 0 Å². The third-order valence-corrected chi connectivity index (χ3v) is 2.28. The number of nitriles is 1. The largest absolute Gasteiger partial charge is 0.464 e. The van der Waals surface area contributed by atoms with E-state index >= 15 is 0 Å². The molecular formula is C11H15NO4. The number of ether oxygens (including phenoxy) is 2. The lowest BCUT2D eigenvalue weighted by Crippen LogP contribution is -2.39. The SMILES string of the molecule is CC(C)(C)C(=O)OC1CC(=O)OCC1C#N. The zero-order chi connectivity index (χ0) is 12.3. The summed E-state index contributed by atoms with van der Waals surface area (Å²) in [5.41, 5.74) is -0.638. The summed E-state index contributed by atoms with van der Waals surface area (Å²) >= 11 is 0. The van der Waals surface area contributed by atoms with E-state index in [0.29, 0.717) is 0 Å². The van der Waals surface area contributed by atoms with Gasteiger partial charge in [0.1, 0.15) is 18.6 Å². The maximum Gasteiger partial charge on any atom is 0.311 e. The van der Waals surface area contributed by atoms with E-state index in [1.54, 1.807) is 20.8 Å². The maximum atomic E-state index is 11.6. The molecule has 1 saturated heterocycles. The van der Waals surface area contributed by atoms with Crippen molar-refractivity contribution in [2.24, 2.45) is 11.3 Å². The van der Waals surface area contributed by atoms with Crippen molar-refractivity contribution in [3.05, 3.63) is 0 Å². The molecule has 16 heavy (non-hydrogen) atoms. The highest BCUT2D eigenvalue weighted by atomic mass is 16.6. The lowest BCUT2D eigenvalue weighted by atomic mass is 9.95. The van der Waals surface area contributed by atoms with E-state index in [9.17, 15) is 9.59 Å². The number of nitrogens with zero attached hydrogens (tertiary/aromatic N) is 1. The van der Waals surface area contributed by atoms with Crippen LogP contribution in [0.25, 0.3) is 0 Å². The summed E-state index contributed by atoms with van der Waals surface area (Å²) in [4.78, 5) is 22.7. The molecule has 0 aromatic rings. The van der Waals surface area contributed by atoms with Crippen molar-refractivity contribution in [2.75, 3.05) is 6.61 Å². The molecule has 2 atom stereocenters. The van der Waals surface area contributed by atoms with E-state index in [1.807, 2.05) is 6.07 Å². The van der Waals surface area contributed by atoms with Gasteiger partial charge in [0, 0.05) is 0 Å². The molecule has 1 aliphatic rings. The minimum atomic E-state index is -0.682. The lowest BCUT2D eigenvalue weighted by molar-refractivity contribution is -0.172. The Bertz CT molecular complexity index is 337. The number of hydrogen-bond donors (Lipinski definition) is 0. The minimum Gasteiger partial charge on any atom is -0.464 e. The number of cyclic esters (lactones) is 1. The summed E-state index contributed by atoms with van der Waals surface area (Å²) in [6, 6.07) is 1.98. The van der Waals surface area contributed by atoms with Crippen LogP contribution in [0.5, 0.6) is 0 Å². The molecule has 1 aliphatic heterocycles. The predicted molar refractivity (Wildman–Crippen MR) is 54.0 cm³/mol. The Balaban J connectivity index is 2.67. The molecule has 0 aromatic heterocycles. The van der Waals surface area contributed by atoms with Crippen molar-refractivity contribution in [2.45, 2.75) is 33.3 Å². The molecule has 0 aromatic carbocycles. The number of hydrogen-bond acceptors (Lipinski definition) is 5. The van der Waals surface area contributed by atoms with Crippen molar-refractivity contribution < 1.29 is 19.1 Å². The molecule has 5 heteroatoms. The third kappa shape index (κ3) is 2.96. The van der Waals surface area contributed by atoms with E-state index < -0.39 is 29.4 Å². The van der Waals surface area contributed by atoms with Gasteiger partial charge >= 0.3 is 11.9 Å². The lowest BCUT2D eigenvalue weighted by Gasteiger charge is -2.28. The van der Waals surface area contributed by atoms with Crippen molar-refractivity contribution >= 4 is 11.9 Å². The number of esters is 2. The van der Waals surface area contributed by atoms with Crippen LogP contribution in [0, 0.1) is 22.7 Å². The van der Waals surface area contributed by atoms with Crippen LogP contribution in [0.1, 0.15) is 27.2 Å². The molecule has 88 valence electrons. The smallest absolute Gasteiger partial charge is 0.311 e. The Hall–Kier alpha value is -1.57. The first kappa shape index (κ1) is 12.5. The first-order valence-electron chi connectivity index (χ1n) is 5.11. The van der Waals surface area contributed by atoms with Crippen LogP contribution in [0.4, 0.5) is 0 Å². The van der Waals surface area contributed by atoms with E-state index in [1.165, 1.54) is 0 Å². The molecule has 2 unspecified atom stereocenters. The topological polar surface area (TPSA) is 76.4 Å². The predicted octanol–water partition coefficient (Wildman–Crippen LogP) is 1.03. The van der Waals surface area contributed by atoms with Gasteiger partial charge in [0.2, 0.25) is 0 Å². The van der Waals surface area contributed by atoms with Crippen LogP contribution >= 0.6 is 0 Å². The van der Waals surface area contributed by atoms with Crippen LogP contribution in [-0.2, 0) is 19.1 Å². The molecule has 0 amide bonds. The van der Waals surface area contributed by atoms with Crippen molar-refractivity contribution in [3.63, 3.8) is 0 Å². The zero-order valence-electron chi connectivity index (χ0n) is 9.65. The molecule has 1 heterocycles. The summed E-state index contributed by atoms with van der Waals surface area (Å²) in [6.07, 6.45) is -0.724. The zero-order valence-corrected chi connectivity index (χ0v) is 9.65. The molecule has 0 radical (unpaired) electrons. The molecule has 0 bridgehead atoms. The Morgan fingerprint density at radius 1 is 1.56 bits per heavy atom. The Labute approximate surface area is 94.3 Å². The fraction of sp³-hybridized carbons (Fsp3) is 0.727. The van der Waals surface area contributed by atoms with Gasteiger partial charge in [0.15, 0.2) is 0 Å². The van der Waals surface area contributed by atoms with Gasteiger partial charge in [0.25, 0.3) is 0 Å². The summed E-state index contributed by atoms with van der Waals surface area (Å²) < 4.78 is 9.89. The second kappa shape index (κ2) is 4.52. The van der Waals surface area contributed by atoms with E-state index in [0.717, 1.165) is 0 Å². The van der Waals surface area contributed by atoms with Gasteiger partial charge in [-0.25, -0.2) is 0 Å². The second-order valence-corrected chi connectivity index (χ2v) is 4.82. The van der Waals surface area contributed by atoms with Crippen LogP contribution in [0.15, 0.2) is 0 Å². The Morgan fingerprint density at radius 3 is 2.69 bits per heavy atom. The highest BCUT2D eigenvalue weighted by Crippen LogP contribution is 2.23. The quantitative estimate of drug-likeness (QED) is 0.623. The summed E-state index contributed by atoms with van der Waals surface area (Å²) in [6.45, 7) is 5.16. The van der Waals surface area contributed by atoms with E-state index in [4.69, 9.17) is 14.7 Å². The molecule has 0 aliphatic carbocycles. The first-order chi connectivity index (χ1) is 7.34. The standard InChI is InChI=1S/C11H15NO4/c1-11(2,3)10(14)16-8-4-9(13)15-6-7(8)5-12/h7-8H,4,6H2,1-3H3. The van der Waals surface area contributed by atoms with Crippen molar-refractivity contribution in [1.29, 1.82) is 5.26 Å². The average molecular weight is 225 g/mol. The summed E-state index contributed by atoms with van der Waals surface area (Å²) in [5, 5.41) is 8.83. The van der Waals surface area contributed by atoms with Gasteiger partial charge in [-0.2, -0.15) is 5.26 Å². The molecule has 0 spiro atoms. The number of rotatable bonds is 1. The average Bonchev–Trinajstić information content (AvgIpc) is 2.16. The molecule has 1 rings (SSSR count). The first-order valence-corrected chi connectivity index (χ1v) is 5.11. The van der Waals surface area contributed by atoms with Gasteiger partial charge in [-0.1, -0.05) is 0 Å². The van der Waals surface area contributed by atoms with E-state index in [2.05, 4.69) is 0 Å². The Morgan fingerprint density at radius 2 is 2.19 bits per heavy atom.